The maximum atomic E-state index is 15.0. The Kier molecular flexibility index (Phi) is 4.21. The molecule has 0 amide bonds. The van der Waals surface area contributed by atoms with Crippen LogP contribution in [0.15, 0.2) is 17.1 Å². The molecule has 1 aliphatic heterocycles. The summed E-state index contributed by atoms with van der Waals surface area (Å²) in [6.45, 7) is 2.12. The third kappa shape index (κ3) is 2.95. The predicted octanol–water partition coefficient (Wildman–Crippen LogP) is 0.802. The maximum absolute atomic E-state index is 15.0. The molecule has 134 valence electrons. The Morgan fingerprint density at radius 2 is 1.92 bits per heavy atom. The molecule has 3 N–H and O–H groups in total. The van der Waals surface area contributed by atoms with E-state index in [1.54, 1.807) is 4.90 Å². The molecular formula is C15H16F2N4O4. The van der Waals surface area contributed by atoms with E-state index in [-0.39, 0.29) is 11.2 Å². The van der Waals surface area contributed by atoms with Gasteiger partial charge in [-0.2, -0.15) is 0 Å². The maximum Gasteiger partial charge on any atom is 0.511 e. The van der Waals surface area contributed by atoms with Crippen LogP contribution < -0.4 is 20.9 Å². The van der Waals surface area contributed by atoms with Crippen molar-refractivity contribution in [2.45, 2.75) is 0 Å². The number of piperazine rings is 1. The molecule has 1 aliphatic rings. The first kappa shape index (κ1) is 17.0. The molecule has 0 atom stereocenters. The van der Waals surface area contributed by atoms with Crippen LogP contribution in [0.2, 0.25) is 0 Å². The number of carboxylic acid groups (broad SMARTS) is 1. The minimum absolute atomic E-state index is 0.258. The highest BCUT2D eigenvalue weighted by Crippen LogP contribution is 2.30. The van der Waals surface area contributed by atoms with Crippen LogP contribution in [0.1, 0.15) is 0 Å². The lowest BCUT2D eigenvalue weighted by atomic mass is 10.1. The molecule has 25 heavy (non-hydrogen) atoms. The number of halogens is 2. The average Bonchev–Trinajstić information content (AvgIpc) is 2.53. The molecular weight excluding hydrogens is 338 g/mol. The number of ether oxygens (including phenoxy) is 1. The molecule has 1 aromatic heterocycles. The van der Waals surface area contributed by atoms with Crippen LogP contribution in [-0.4, -0.2) is 54.1 Å². The lowest BCUT2D eigenvalue weighted by Gasteiger charge is -2.34. The van der Waals surface area contributed by atoms with Gasteiger partial charge in [0.25, 0.3) is 0 Å². The van der Waals surface area contributed by atoms with Gasteiger partial charge in [-0.1, -0.05) is 0 Å². The third-order valence-corrected chi connectivity index (χ3v) is 4.17. The Hall–Kier alpha value is -2.88. The van der Waals surface area contributed by atoms with Gasteiger partial charge in [0.05, 0.1) is 11.6 Å². The summed E-state index contributed by atoms with van der Waals surface area (Å²) in [5, 5.41) is 8.23. The first-order valence-electron chi connectivity index (χ1n) is 7.46. The first-order chi connectivity index (χ1) is 11.8. The zero-order chi connectivity index (χ0) is 18.3. The minimum Gasteiger partial charge on any atom is -0.449 e. The number of nitrogens with zero attached hydrogens (tertiary/aromatic N) is 3. The summed E-state index contributed by atoms with van der Waals surface area (Å²) in [6, 6.07) is 0.854. The van der Waals surface area contributed by atoms with Gasteiger partial charge >= 0.3 is 6.16 Å². The number of hydrogen-bond acceptors (Lipinski definition) is 6. The highest BCUT2D eigenvalue weighted by atomic mass is 19.1. The molecule has 1 aromatic carbocycles. The van der Waals surface area contributed by atoms with E-state index in [2.05, 4.69) is 4.74 Å². The average molecular weight is 354 g/mol. The number of carbonyl (C=O) groups is 1. The quantitative estimate of drug-likeness (QED) is 0.608. The Balaban J connectivity index is 2.19. The number of pyridine rings is 1. The highest BCUT2D eigenvalue weighted by molar-refractivity contribution is 5.85. The number of nitrogen functional groups attached to an aromatic ring is 1. The van der Waals surface area contributed by atoms with E-state index >= 15 is 0 Å². The van der Waals surface area contributed by atoms with Gasteiger partial charge in [0.2, 0.25) is 11.2 Å². The Labute approximate surface area is 140 Å². The van der Waals surface area contributed by atoms with E-state index in [0.29, 0.717) is 26.2 Å². The lowest BCUT2D eigenvalue weighted by Crippen LogP contribution is -2.45. The number of nitrogens with two attached hydrogens (primary N) is 1. The van der Waals surface area contributed by atoms with E-state index in [1.165, 1.54) is 0 Å². The number of hydrogen-bond donors (Lipinski definition) is 2. The van der Waals surface area contributed by atoms with E-state index in [9.17, 15) is 18.4 Å². The van der Waals surface area contributed by atoms with Crippen LogP contribution in [0.5, 0.6) is 5.75 Å². The Morgan fingerprint density at radius 1 is 1.28 bits per heavy atom. The molecule has 8 nitrogen and oxygen atoms in total. The van der Waals surface area contributed by atoms with Crippen LogP contribution in [-0.2, 0) is 0 Å². The molecule has 10 heteroatoms. The van der Waals surface area contributed by atoms with Crippen molar-refractivity contribution in [3.8, 4) is 5.75 Å². The van der Waals surface area contributed by atoms with Crippen LogP contribution in [0.25, 0.3) is 10.9 Å². The smallest absolute Gasteiger partial charge is 0.449 e. The fourth-order valence-electron chi connectivity index (χ4n) is 2.89. The molecule has 1 saturated heterocycles. The van der Waals surface area contributed by atoms with Crippen molar-refractivity contribution in [1.82, 2.24) is 9.58 Å². The van der Waals surface area contributed by atoms with Gasteiger partial charge in [-0.05, 0) is 13.1 Å². The summed E-state index contributed by atoms with van der Waals surface area (Å²) in [5.74, 6) is 3.17. The Bertz CT molecular complexity index is 907. The van der Waals surface area contributed by atoms with E-state index in [0.717, 1.165) is 16.9 Å². The second kappa shape index (κ2) is 6.20. The normalized spacial score (nSPS) is 15.6. The van der Waals surface area contributed by atoms with Crippen molar-refractivity contribution >= 4 is 22.7 Å². The summed E-state index contributed by atoms with van der Waals surface area (Å²) in [4.78, 5) is 26.4. The predicted molar refractivity (Wildman–Crippen MR) is 86.6 cm³/mol. The van der Waals surface area contributed by atoms with Crippen LogP contribution in [0.4, 0.5) is 19.3 Å². The molecule has 0 unspecified atom stereocenters. The molecule has 1 fully saturated rings. The van der Waals surface area contributed by atoms with E-state index in [1.807, 2.05) is 11.9 Å². The third-order valence-electron chi connectivity index (χ3n) is 4.17. The summed E-state index contributed by atoms with van der Waals surface area (Å²) >= 11 is 0. The lowest BCUT2D eigenvalue weighted by molar-refractivity contribution is 0.144. The number of rotatable bonds is 2. The van der Waals surface area contributed by atoms with Crippen molar-refractivity contribution < 1.29 is 23.4 Å². The minimum atomic E-state index is -1.73. The van der Waals surface area contributed by atoms with Gasteiger partial charge in [-0.3, -0.25) is 9.47 Å². The van der Waals surface area contributed by atoms with Crippen molar-refractivity contribution in [1.29, 1.82) is 0 Å². The molecule has 2 aromatic rings. The van der Waals surface area contributed by atoms with Gasteiger partial charge in [-0.25, -0.2) is 13.6 Å². The van der Waals surface area contributed by atoms with Crippen LogP contribution in [0, 0.1) is 11.6 Å². The number of fused-ring (bicyclic) bond motifs is 1. The standard InChI is InChI=1S/C15H16F2N4O4/c1-19-2-4-20(5-3-19)13-9(16)6-8-12(11(13)17)21(18)7-10(14(8)22)25-15(23)24/h6-7H,2-5,18H2,1H3,(H,23,24). The molecule has 0 radical (unpaired) electrons. The fraction of sp³-hybridized carbons (Fsp3) is 0.333. The topological polar surface area (TPSA) is 101 Å². The van der Waals surface area contributed by atoms with Crippen molar-refractivity contribution in [2.75, 3.05) is 44.0 Å². The second-order valence-corrected chi connectivity index (χ2v) is 5.81. The molecule has 0 bridgehead atoms. The van der Waals surface area contributed by atoms with Crippen molar-refractivity contribution in [3.05, 3.63) is 34.1 Å². The number of anilines is 1. The second-order valence-electron chi connectivity index (χ2n) is 5.81. The van der Waals surface area contributed by atoms with Crippen LogP contribution in [0.3, 0.4) is 0 Å². The van der Waals surface area contributed by atoms with E-state index < -0.39 is 34.4 Å². The van der Waals surface area contributed by atoms with Gasteiger partial charge in [0.1, 0.15) is 17.0 Å². The van der Waals surface area contributed by atoms with Gasteiger partial charge in [0.15, 0.2) is 5.82 Å². The zero-order valence-electron chi connectivity index (χ0n) is 13.3. The van der Waals surface area contributed by atoms with Crippen molar-refractivity contribution in [3.63, 3.8) is 0 Å². The van der Waals surface area contributed by atoms with Crippen LogP contribution >= 0.6 is 0 Å². The molecule has 0 aliphatic carbocycles. The fourth-order valence-corrected chi connectivity index (χ4v) is 2.89. The van der Waals surface area contributed by atoms with Gasteiger partial charge < -0.3 is 25.5 Å². The number of aromatic nitrogens is 1. The molecule has 3 rings (SSSR count). The van der Waals surface area contributed by atoms with E-state index in [4.69, 9.17) is 10.9 Å². The molecule has 0 spiro atoms. The molecule has 2 heterocycles. The largest absolute Gasteiger partial charge is 0.511 e. The van der Waals surface area contributed by atoms with Crippen molar-refractivity contribution in [2.24, 2.45) is 0 Å². The summed E-state index contributed by atoms with van der Waals surface area (Å²) < 4.78 is 34.5. The highest BCUT2D eigenvalue weighted by Gasteiger charge is 2.26. The Morgan fingerprint density at radius 3 is 2.52 bits per heavy atom. The summed E-state index contributed by atoms with van der Waals surface area (Å²) in [7, 11) is 1.91. The monoisotopic (exact) mass is 354 g/mol. The first-order valence-corrected chi connectivity index (χ1v) is 7.46. The summed E-state index contributed by atoms with van der Waals surface area (Å²) in [6.07, 6.45) is -0.875. The zero-order valence-corrected chi connectivity index (χ0v) is 13.3. The van der Waals surface area contributed by atoms with Gasteiger partial charge in [-0.15, -0.1) is 0 Å². The van der Waals surface area contributed by atoms with Gasteiger partial charge in [0, 0.05) is 26.2 Å². The number of likely N-dealkylation sites (N-methyl/N-ethyl adjacent to an activating group) is 1. The SMILES string of the molecule is CN1CCN(c2c(F)cc3c(=O)c(OC(=O)O)cn(N)c3c2F)CC1. The number of benzene rings is 1. The molecule has 0 saturated carbocycles. The summed E-state index contributed by atoms with van der Waals surface area (Å²) in [5.41, 5.74) is -1.54.